The summed E-state index contributed by atoms with van der Waals surface area (Å²) in [7, 11) is 0. The van der Waals surface area contributed by atoms with Crippen molar-refractivity contribution < 1.29 is 77.8 Å². The van der Waals surface area contributed by atoms with E-state index in [1.54, 1.807) is 13.8 Å². The lowest BCUT2D eigenvalue weighted by atomic mass is 9.50. The number of esters is 2. The third-order valence-corrected chi connectivity index (χ3v) is 43.5. The van der Waals surface area contributed by atoms with Gasteiger partial charge in [0.25, 0.3) is 0 Å². The largest absolute Gasteiger partial charge is 0.462 e. The van der Waals surface area contributed by atoms with Crippen molar-refractivity contribution in [3.8, 4) is 0 Å². The molecule has 5 N–H and O–H groups in total. The summed E-state index contributed by atoms with van der Waals surface area (Å²) < 4.78 is 49.5. The highest BCUT2D eigenvalue weighted by Crippen LogP contribution is 2.71. The number of Topliss-reactive ketones (excluding diaryl/α,β-unsaturated/α-hetero) is 1. The molecule has 0 amide bonds. The third-order valence-electron chi connectivity index (χ3n) is 43.5. The lowest BCUT2D eigenvalue weighted by molar-refractivity contribution is -0.252. The second kappa shape index (κ2) is 37.7. The van der Waals surface area contributed by atoms with Crippen molar-refractivity contribution in [2.75, 3.05) is 39.6 Å². The molecule has 3 aliphatic heterocycles. The van der Waals surface area contributed by atoms with Gasteiger partial charge in [0.05, 0.1) is 70.2 Å². The summed E-state index contributed by atoms with van der Waals surface area (Å²) in [6.07, 6.45) is 43.3. The van der Waals surface area contributed by atoms with E-state index in [1.165, 1.54) is 82.6 Å². The number of fused-ring (bicyclic) bond motifs is 8. The monoisotopic (exact) mass is 1750 g/mol. The molecule has 15 aliphatic carbocycles. The normalized spacial score (nSPS) is 50.4. The number of rotatable bonds is 12. The van der Waals surface area contributed by atoms with Gasteiger partial charge in [-0.05, 0) is 295 Å². The fourth-order valence-corrected chi connectivity index (χ4v) is 35.0. The number of carbonyl (C=O) groups is 3. The molecule has 18 aliphatic rings. The summed E-state index contributed by atoms with van der Waals surface area (Å²) in [5.41, 5.74) is 2.12. The Balaban J connectivity index is 0.000000127. The summed E-state index contributed by atoms with van der Waals surface area (Å²) >= 11 is 0. The Morgan fingerprint density at radius 3 is 1.06 bits per heavy atom. The van der Waals surface area contributed by atoms with Crippen LogP contribution in [0.4, 0.5) is 0 Å². The van der Waals surface area contributed by atoms with Gasteiger partial charge in [-0.15, -0.1) is 6.58 Å². The van der Waals surface area contributed by atoms with E-state index in [0.717, 1.165) is 210 Å². The Bertz CT molecular complexity index is 3610. The fourth-order valence-electron chi connectivity index (χ4n) is 35.0. The van der Waals surface area contributed by atoms with Gasteiger partial charge in [0, 0.05) is 84.9 Å². The van der Waals surface area contributed by atoms with Crippen molar-refractivity contribution in [1.29, 1.82) is 0 Å². The van der Waals surface area contributed by atoms with Gasteiger partial charge in [0.1, 0.15) is 18.0 Å². The Hall–Kier alpha value is -2.35. The number of hydrogen-bond acceptors (Lipinski definition) is 16. The maximum Gasteiger partial charge on any atom is 0.302 e. The van der Waals surface area contributed by atoms with Crippen LogP contribution in [0.5, 0.6) is 0 Å². The summed E-state index contributed by atoms with van der Waals surface area (Å²) in [4.78, 5) is 36.6. The first-order valence-corrected chi connectivity index (χ1v) is 52.5. The van der Waals surface area contributed by atoms with Gasteiger partial charge in [-0.25, -0.2) is 0 Å². The first-order chi connectivity index (χ1) is 59.0. The SMILES string of the molecule is C=C1CCC2[C@H](O)C([C@@]3(C)CC[C@H](O)C[C@@H]3CC)CC[C@]12C.C=C[C@H]1C[C@@H](C)CC[C@]1(C)C1CC[C@@]2(C)C(CCC23OCCO3)C1OC(C)=O.CC[C@H]1C[C@@H](C)CC[C@]1(C)C1CC[C@@]2(C)C(CCC23OCCO3)C1OC(C)=O.CC[C@H]1C[C@@H](C)CC[C@]1(C)C1CC[C@@]2(C)C(CCC23OCCO3)[C@@H]1O.CC[C@H]1C[C@@H](O)CC[C@]1(C)C1CC[C@]2(C)C(=O)CCC2[C@@H]1O. The minimum Gasteiger partial charge on any atom is -0.462 e. The first-order valence-electron chi connectivity index (χ1n) is 52.5. The quantitative estimate of drug-likeness (QED) is 0.0904. The molecular weight excluding hydrogens is 1570 g/mol. The highest BCUT2D eigenvalue weighted by atomic mass is 16.8. The number of carbonyl (C=O) groups excluding carboxylic acids is 3. The minimum atomic E-state index is -0.471. The molecular formula is C109H182O16. The molecule has 0 aromatic rings. The van der Waals surface area contributed by atoms with Crippen LogP contribution in [-0.4, -0.2) is 143 Å². The van der Waals surface area contributed by atoms with Gasteiger partial charge in [0.15, 0.2) is 17.4 Å². The molecule has 16 nitrogen and oxygen atoms in total. The van der Waals surface area contributed by atoms with Crippen molar-refractivity contribution in [3.05, 3.63) is 24.8 Å². The predicted octanol–water partition coefficient (Wildman–Crippen LogP) is 22.9. The number of ether oxygens (including phenoxy) is 8. The van der Waals surface area contributed by atoms with E-state index in [-0.39, 0.29) is 115 Å². The summed E-state index contributed by atoms with van der Waals surface area (Å²) in [6.45, 7) is 55.7. The highest BCUT2D eigenvalue weighted by Gasteiger charge is 2.72. The molecule has 0 aromatic heterocycles. The molecule has 15 saturated carbocycles. The van der Waals surface area contributed by atoms with Crippen LogP contribution in [0.3, 0.4) is 0 Å². The van der Waals surface area contributed by atoms with Crippen molar-refractivity contribution in [2.45, 2.75) is 442 Å². The Kier molecular flexibility index (Phi) is 29.8. The van der Waals surface area contributed by atoms with E-state index < -0.39 is 17.4 Å². The second-order valence-corrected chi connectivity index (χ2v) is 48.8. The zero-order chi connectivity index (χ0) is 90.4. The van der Waals surface area contributed by atoms with Crippen LogP contribution in [0.25, 0.3) is 0 Å². The molecule has 12 unspecified atom stereocenters. The maximum absolute atomic E-state index is 12.3. The average Bonchev–Trinajstić information content (AvgIpc) is 1.57. The zero-order valence-electron chi connectivity index (χ0n) is 82.5. The molecule has 3 saturated heterocycles. The van der Waals surface area contributed by atoms with Crippen LogP contribution in [0, 0.1) is 161 Å². The van der Waals surface area contributed by atoms with Gasteiger partial charge in [-0.2, -0.15) is 0 Å². The third kappa shape index (κ3) is 17.0. The molecule has 0 radical (unpaired) electrons. The molecule has 18 rings (SSSR count). The van der Waals surface area contributed by atoms with E-state index in [1.807, 2.05) is 0 Å². The van der Waals surface area contributed by atoms with Crippen LogP contribution < -0.4 is 0 Å². The number of allylic oxidation sites excluding steroid dienone is 2. The van der Waals surface area contributed by atoms with Crippen LogP contribution in [0.1, 0.15) is 382 Å². The minimum absolute atomic E-state index is 0.00381. The van der Waals surface area contributed by atoms with E-state index in [4.69, 9.17) is 37.9 Å². The number of ketones is 1. The van der Waals surface area contributed by atoms with Gasteiger partial charge >= 0.3 is 11.9 Å². The topological polar surface area (TPSA) is 226 Å². The van der Waals surface area contributed by atoms with Crippen LogP contribution in [0.15, 0.2) is 24.8 Å². The smallest absolute Gasteiger partial charge is 0.302 e. The summed E-state index contributed by atoms with van der Waals surface area (Å²) in [5, 5.41) is 53.9. The fraction of sp³-hybridized carbons (Fsp3) is 0.936. The standard InChI is InChI=1S/C24H40O4.C24H38O4.C22H38O3.C20H34O2.C19H32O3/c2*1-6-18-15-16(2)7-10-22(18,4)19-8-11-23(5)20(21(19)28-17(3)25)9-12-24(23)26-13-14-27-24;1-5-16-14-15(2)6-9-20(16,3)17-7-10-21(4)18(19(17)23)8-11-22(21)24-12-13-25-22;1-5-14-12-15(21)8-10-20(14,4)17-9-11-19(3)13(2)6-7-16(19)18(17)22;1-4-12-11-13(20)7-9-18(12,2)15-8-10-19(3)14(17(15)22)5-6-16(19)21/h16,18-21H,6-15H2,1-5H3;6,16,18-21H,1,7-15H2,2-5H3;15-19,23H,5-14H2,1-4H3;14-18,21-22H,2,5-12H2,1,3-4H3;12-15,17,20,22H,4-11H2,1-3H3/t2*16-,18-,19?,20?,21?,22-,23-;15-,16-,17?,18?,19+,20-,21-;14-,15-,16?,17?,18-,19+,20-;12-,13-,14?,15?,17-,18-,19-/m00000/s1. The van der Waals surface area contributed by atoms with E-state index >= 15 is 0 Å². The molecule has 714 valence electrons. The van der Waals surface area contributed by atoms with Crippen molar-refractivity contribution in [3.63, 3.8) is 0 Å². The van der Waals surface area contributed by atoms with E-state index in [2.05, 4.69) is 137 Å². The highest BCUT2D eigenvalue weighted by molar-refractivity contribution is 5.87. The average molecular weight is 1750 g/mol. The summed E-state index contributed by atoms with van der Waals surface area (Å²) in [6, 6.07) is 0. The van der Waals surface area contributed by atoms with Crippen LogP contribution in [0.2, 0.25) is 0 Å². The van der Waals surface area contributed by atoms with Gasteiger partial charge < -0.3 is 63.4 Å². The van der Waals surface area contributed by atoms with Crippen LogP contribution in [-0.2, 0) is 52.3 Å². The molecule has 18 fully saturated rings. The van der Waals surface area contributed by atoms with Crippen molar-refractivity contribution in [1.82, 2.24) is 0 Å². The Morgan fingerprint density at radius 1 is 0.360 bits per heavy atom. The molecule has 35 atom stereocenters. The van der Waals surface area contributed by atoms with Crippen molar-refractivity contribution in [2.24, 2.45) is 161 Å². The number of aliphatic hydroxyl groups excluding tert-OH is 5. The van der Waals surface area contributed by atoms with Gasteiger partial charge in [-0.1, -0.05) is 181 Å². The number of hydrogen-bond donors (Lipinski definition) is 5. The summed E-state index contributed by atoms with van der Waals surface area (Å²) in [5.74, 6) is 7.62. The predicted molar refractivity (Wildman–Crippen MR) is 493 cm³/mol. The zero-order valence-corrected chi connectivity index (χ0v) is 82.5. The molecule has 3 heterocycles. The maximum atomic E-state index is 12.3. The molecule has 125 heavy (non-hydrogen) atoms. The molecule has 16 heteroatoms. The number of aliphatic hydroxyl groups is 5. The Morgan fingerprint density at radius 2 is 0.664 bits per heavy atom. The first kappa shape index (κ1) is 98.6. The lowest BCUT2D eigenvalue weighted by Crippen LogP contribution is -2.57. The Labute approximate surface area is 758 Å². The van der Waals surface area contributed by atoms with E-state index in [9.17, 15) is 39.9 Å². The van der Waals surface area contributed by atoms with E-state index in [0.29, 0.717) is 109 Å². The van der Waals surface area contributed by atoms with Crippen molar-refractivity contribution >= 4 is 17.7 Å². The van der Waals surface area contributed by atoms with Gasteiger partial charge in [0.2, 0.25) is 0 Å². The molecule has 0 bridgehead atoms. The molecule has 0 aromatic carbocycles. The lowest BCUT2D eigenvalue weighted by Gasteiger charge is -2.57. The van der Waals surface area contributed by atoms with Crippen LogP contribution >= 0.6 is 0 Å². The molecule has 3 spiro atoms. The van der Waals surface area contributed by atoms with Gasteiger partial charge in [-0.3, -0.25) is 14.4 Å². The second-order valence-electron chi connectivity index (χ2n) is 48.8.